The van der Waals surface area contributed by atoms with E-state index in [1.807, 2.05) is 0 Å². The largest absolute Gasteiger partial charge is 0.481 e. The molecule has 5 aliphatic rings. The molecule has 0 spiro atoms. The molecule has 2 heteroatoms. The van der Waals surface area contributed by atoms with E-state index < -0.39 is 11.4 Å². The summed E-state index contributed by atoms with van der Waals surface area (Å²) in [7, 11) is 0. The van der Waals surface area contributed by atoms with Crippen LogP contribution in [0.15, 0.2) is 11.6 Å². The molecular weight excluding hydrogens is 440 g/mol. The highest BCUT2D eigenvalue weighted by molar-refractivity contribution is 5.76. The van der Waals surface area contributed by atoms with Crippen molar-refractivity contribution in [2.45, 2.75) is 134 Å². The molecule has 0 radical (unpaired) electrons. The fourth-order valence-corrected chi connectivity index (χ4v) is 12.5. The highest BCUT2D eigenvalue weighted by atomic mass is 16.4. The second kappa shape index (κ2) is 7.24. The minimum atomic E-state index is -0.681. The summed E-state index contributed by atoms with van der Waals surface area (Å²) >= 11 is 0. The van der Waals surface area contributed by atoms with Gasteiger partial charge in [-0.15, -0.1) is 0 Å². The zero-order valence-corrected chi connectivity index (χ0v) is 25.5. The number of fused-ring (bicyclic) bond motifs is 7. The van der Waals surface area contributed by atoms with E-state index in [1.54, 1.807) is 5.57 Å². The first-order chi connectivity index (χ1) is 16.4. The number of rotatable bonds is 1. The molecule has 5 rings (SSSR count). The zero-order valence-electron chi connectivity index (χ0n) is 25.5. The molecule has 204 valence electrons. The van der Waals surface area contributed by atoms with Crippen LogP contribution in [0.5, 0.6) is 0 Å². The SMILES string of the molecule is C[C@H]1CC[C@]2(C)CC[C@@]3(C)C(=CC[C@@]4(C)[C@@]5(C)CC[C@H](C)[C@@](C)(C(=O)O)[C@@]5(C)CC[C@]43C)[C@]2(C)[C@H]1C. The molecule has 0 heterocycles. The van der Waals surface area contributed by atoms with Crippen LogP contribution >= 0.6 is 0 Å². The third-order valence-corrected chi connectivity index (χ3v) is 16.9. The van der Waals surface area contributed by atoms with Crippen LogP contribution in [0.2, 0.25) is 0 Å². The lowest BCUT2D eigenvalue weighted by Crippen LogP contribution is -2.73. The first-order valence-corrected chi connectivity index (χ1v) is 15.3. The van der Waals surface area contributed by atoms with Gasteiger partial charge in [-0.05, 0) is 120 Å². The fraction of sp³-hybridized carbons (Fsp3) is 0.912. The summed E-state index contributed by atoms with van der Waals surface area (Å²) in [5, 5.41) is 10.7. The number of hydrogen-bond donors (Lipinski definition) is 1. The average Bonchev–Trinajstić information content (AvgIpc) is 2.81. The molecule has 4 saturated carbocycles. The third kappa shape index (κ3) is 2.42. The normalized spacial score (nSPS) is 60.6. The minimum absolute atomic E-state index is 0.00911. The van der Waals surface area contributed by atoms with Crippen molar-refractivity contribution in [3.63, 3.8) is 0 Å². The first kappa shape index (κ1) is 26.8. The van der Waals surface area contributed by atoms with Crippen LogP contribution in [-0.4, -0.2) is 11.1 Å². The molecule has 0 bridgehead atoms. The average molecular weight is 497 g/mol. The van der Waals surface area contributed by atoms with E-state index in [2.05, 4.69) is 82.2 Å². The second-order valence-electron chi connectivity index (χ2n) is 16.5. The summed E-state index contributed by atoms with van der Waals surface area (Å²) in [5.41, 5.74) is 1.96. The zero-order chi connectivity index (χ0) is 27.0. The van der Waals surface area contributed by atoms with Crippen LogP contribution in [0.1, 0.15) is 134 Å². The quantitative estimate of drug-likeness (QED) is 0.367. The van der Waals surface area contributed by atoms with Crippen molar-refractivity contribution in [1.29, 1.82) is 0 Å². The Balaban J connectivity index is 1.71. The molecule has 1 N–H and O–H groups in total. The summed E-state index contributed by atoms with van der Waals surface area (Å²) in [6, 6.07) is 0. The standard InChI is InChI=1S/C34H56O2/c1-22-12-15-27(4)18-19-28(5)25(34(27,11)24(22)3)14-17-30(7)29(28,6)20-21-32(9)31(30,8)16-13-23(2)33(32,10)26(35)36/h14,22-24H,12-13,15-21H2,1-11H3,(H,35,36)/t22-,23-,24-,27+,28-,29-,30+,31+,32-,33-,34-/m0/s1. The maximum Gasteiger partial charge on any atom is 0.310 e. The number of carboxylic acids is 1. The van der Waals surface area contributed by atoms with E-state index in [0.29, 0.717) is 11.3 Å². The lowest BCUT2D eigenvalue weighted by Gasteiger charge is -2.79. The third-order valence-electron chi connectivity index (χ3n) is 16.9. The Morgan fingerprint density at radius 1 is 0.750 bits per heavy atom. The molecule has 0 aromatic rings. The van der Waals surface area contributed by atoms with E-state index in [9.17, 15) is 9.90 Å². The van der Waals surface area contributed by atoms with Crippen LogP contribution in [0.4, 0.5) is 0 Å². The van der Waals surface area contributed by atoms with Gasteiger partial charge in [0.25, 0.3) is 0 Å². The van der Waals surface area contributed by atoms with E-state index in [1.165, 1.54) is 25.7 Å². The Labute approximate surface area is 222 Å². The predicted molar refractivity (Wildman–Crippen MR) is 150 cm³/mol. The van der Waals surface area contributed by atoms with Crippen molar-refractivity contribution in [3.05, 3.63) is 11.6 Å². The molecule has 4 fully saturated rings. The summed E-state index contributed by atoms with van der Waals surface area (Å²) in [6.45, 7) is 27.5. The molecule has 5 aliphatic carbocycles. The highest BCUT2D eigenvalue weighted by Crippen LogP contribution is 2.84. The lowest BCUT2D eigenvalue weighted by molar-refractivity contribution is -0.286. The van der Waals surface area contributed by atoms with Crippen LogP contribution in [-0.2, 0) is 4.79 Å². The van der Waals surface area contributed by atoms with E-state index in [4.69, 9.17) is 0 Å². The Morgan fingerprint density at radius 2 is 1.36 bits per heavy atom. The lowest BCUT2D eigenvalue weighted by atomic mass is 9.24. The topological polar surface area (TPSA) is 37.3 Å². The maximum absolute atomic E-state index is 13.0. The Hall–Kier alpha value is -0.790. The minimum Gasteiger partial charge on any atom is -0.481 e. The molecule has 0 saturated heterocycles. The molecule has 0 aliphatic heterocycles. The Kier molecular flexibility index (Phi) is 5.39. The molecule has 36 heavy (non-hydrogen) atoms. The summed E-state index contributed by atoms with van der Waals surface area (Å²) in [4.78, 5) is 13.0. The van der Waals surface area contributed by atoms with Crippen LogP contribution < -0.4 is 0 Å². The number of carbonyl (C=O) groups is 1. The molecule has 0 amide bonds. The summed E-state index contributed by atoms with van der Waals surface area (Å²) < 4.78 is 0. The van der Waals surface area contributed by atoms with Gasteiger partial charge in [-0.1, -0.05) is 80.9 Å². The van der Waals surface area contributed by atoms with Crippen molar-refractivity contribution < 1.29 is 9.90 Å². The van der Waals surface area contributed by atoms with Crippen molar-refractivity contribution >= 4 is 5.97 Å². The van der Waals surface area contributed by atoms with Gasteiger partial charge in [-0.2, -0.15) is 0 Å². The Morgan fingerprint density at radius 3 is 1.97 bits per heavy atom. The molecular formula is C34H56O2. The van der Waals surface area contributed by atoms with Crippen molar-refractivity contribution in [3.8, 4) is 0 Å². The second-order valence-corrected chi connectivity index (χ2v) is 16.5. The van der Waals surface area contributed by atoms with Gasteiger partial charge in [0.1, 0.15) is 0 Å². The summed E-state index contributed by atoms with van der Waals surface area (Å²) in [6.07, 6.45) is 13.6. The number of aliphatic carboxylic acids is 1. The van der Waals surface area contributed by atoms with Gasteiger partial charge in [0.05, 0.1) is 5.41 Å². The van der Waals surface area contributed by atoms with Crippen LogP contribution in [0, 0.1) is 61.1 Å². The van der Waals surface area contributed by atoms with E-state index >= 15 is 0 Å². The van der Waals surface area contributed by atoms with Gasteiger partial charge >= 0.3 is 5.97 Å². The van der Waals surface area contributed by atoms with Crippen molar-refractivity contribution in [2.24, 2.45) is 61.1 Å². The molecule has 0 aromatic carbocycles. The van der Waals surface area contributed by atoms with Crippen LogP contribution in [0.25, 0.3) is 0 Å². The molecule has 0 unspecified atom stereocenters. The van der Waals surface area contributed by atoms with Crippen molar-refractivity contribution in [1.82, 2.24) is 0 Å². The van der Waals surface area contributed by atoms with Crippen molar-refractivity contribution in [2.75, 3.05) is 0 Å². The molecule has 0 aromatic heterocycles. The summed E-state index contributed by atoms with van der Waals surface area (Å²) in [5.74, 6) is 1.12. The van der Waals surface area contributed by atoms with Gasteiger partial charge in [-0.25, -0.2) is 0 Å². The molecule has 11 atom stereocenters. The number of carboxylic acid groups (broad SMARTS) is 1. The van der Waals surface area contributed by atoms with Gasteiger partial charge in [0.15, 0.2) is 0 Å². The maximum atomic E-state index is 13.0. The van der Waals surface area contributed by atoms with Gasteiger partial charge in [0, 0.05) is 0 Å². The van der Waals surface area contributed by atoms with Gasteiger partial charge in [-0.3, -0.25) is 4.79 Å². The smallest absolute Gasteiger partial charge is 0.310 e. The first-order valence-electron chi connectivity index (χ1n) is 15.3. The highest BCUT2D eigenvalue weighted by Gasteiger charge is 2.78. The fourth-order valence-electron chi connectivity index (χ4n) is 12.5. The monoisotopic (exact) mass is 496 g/mol. The van der Waals surface area contributed by atoms with E-state index in [-0.39, 0.29) is 38.4 Å². The molecule has 2 nitrogen and oxygen atoms in total. The predicted octanol–water partition coefficient (Wildman–Crippen LogP) is 9.54. The Bertz CT molecular complexity index is 1010. The number of allylic oxidation sites excluding steroid dienone is 2. The van der Waals surface area contributed by atoms with E-state index in [0.717, 1.165) is 38.0 Å². The van der Waals surface area contributed by atoms with Crippen LogP contribution in [0.3, 0.4) is 0 Å². The number of hydrogen-bond acceptors (Lipinski definition) is 1. The van der Waals surface area contributed by atoms with Gasteiger partial charge in [0.2, 0.25) is 0 Å². The van der Waals surface area contributed by atoms with Gasteiger partial charge < -0.3 is 5.11 Å².